The Morgan fingerprint density at radius 3 is 1.79 bits per heavy atom. The number of benzene rings is 3. The maximum Gasteiger partial charge on any atom is 0.187 e. The van der Waals surface area contributed by atoms with E-state index < -0.39 is 61.1 Å². The summed E-state index contributed by atoms with van der Waals surface area (Å²) in [6.45, 7) is 11.1. The standard InChI is InChI=1S/C38H46O9/c1-5-21-39-37-35-33(46-38(3,4)47-35)31(26(2)44-37)45-36-34(42-24-29-19-13-8-14-20-29)32(41-23-28-17-11-7-12-18-28)30(25-43-36)40-22-27-15-9-6-10-16-27/h5-20,26,30-37H,1,21-25H2,2-4H3/t26-,30+,31-,32-,33+,34+,35+,36+,37+/m0/s1. The van der Waals surface area contributed by atoms with Gasteiger partial charge in [-0.3, -0.25) is 0 Å². The Labute approximate surface area is 277 Å². The van der Waals surface area contributed by atoms with Gasteiger partial charge in [0, 0.05) is 0 Å². The minimum Gasteiger partial charge on any atom is -0.368 e. The number of fused-ring (bicyclic) bond motifs is 1. The fourth-order valence-electron chi connectivity index (χ4n) is 6.25. The lowest BCUT2D eigenvalue weighted by atomic mass is 9.98. The molecule has 0 spiro atoms. The molecule has 0 saturated carbocycles. The quantitative estimate of drug-likeness (QED) is 0.197. The lowest BCUT2D eigenvalue weighted by Gasteiger charge is -2.46. The molecule has 252 valence electrons. The predicted molar refractivity (Wildman–Crippen MR) is 174 cm³/mol. The van der Waals surface area contributed by atoms with Crippen molar-refractivity contribution in [3.8, 4) is 0 Å². The Morgan fingerprint density at radius 2 is 1.21 bits per heavy atom. The molecule has 47 heavy (non-hydrogen) atoms. The smallest absolute Gasteiger partial charge is 0.187 e. The first-order chi connectivity index (χ1) is 22.9. The second kappa shape index (κ2) is 16.0. The van der Waals surface area contributed by atoms with Crippen LogP contribution in [0.25, 0.3) is 0 Å². The van der Waals surface area contributed by atoms with Crippen LogP contribution in [0.1, 0.15) is 37.5 Å². The second-order valence-electron chi connectivity index (χ2n) is 12.6. The van der Waals surface area contributed by atoms with Crippen LogP contribution in [-0.2, 0) is 62.5 Å². The normalized spacial score (nSPS) is 31.7. The van der Waals surface area contributed by atoms with Gasteiger partial charge in [-0.1, -0.05) is 97.1 Å². The first kappa shape index (κ1) is 33.9. The van der Waals surface area contributed by atoms with Crippen LogP contribution in [0.5, 0.6) is 0 Å². The van der Waals surface area contributed by atoms with E-state index in [-0.39, 0.29) is 6.61 Å². The van der Waals surface area contributed by atoms with E-state index in [4.69, 9.17) is 42.6 Å². The molecule has 9 nitrogen and oxygen atoms in total. The van der Waals surface area contributed by atoms with Gasteiger partial charge in [-0.05, 0) is 37.5 Å². The molecule has 3 fully saturated rings. The van der Waals surface area contributed by atoms with E-state index in [1.165, 1.54) is 0 Å². The molecule has 3 heterocycles. The molecular weight excluding hydrogens is 600 g/mol. The van der Waals surface area contributed by atoms with Gasteiger partial charge in [0.2, 0.25) is 0 Å². The van der Waals surface area contributed by atoms with Crippen LogP contribution in [0, 0.1) is 0 Å². The zero-order chi connectivity index (χ0) is 32.6. The Hall–Kier alpha value is -2.96. The lowest BCUT2D eigenvalue weighted by molar-refractivity contribution is -0.342. The fraction of sp³-hybridized carbons (Fsp3) is 0.474. The summed E-state index contributed by atoms with van der Waals surface area (Å²) in [7, 11) is 0. The van der Waals surface area contributed by atoms with Crippen LogP contribution in [0.15, 0.2) is 104 Å². The molecule has 3 aliphatic heterocycles. The minimum atomic E-state index is -0.853. The highest BCUT2D eigenvalue weighted by atomic mass is 16.8. The van der Waals surface area contributed by atoms with Crippen molar-refractivity contribution in [1.82, 2.24) is 0 Å². The molecule has 6 rings (SSSR count). The molecule has 0 bridgehead atoms. The van der Waals surface area contributed by atoms with Crippen molar-refractivity contribution in [1.29, 1.82) is 0 Å². The Morgan fingerprint density at radius 1 is 0.681 bits per heavy atom. The SMILES string of the molecule is C=CCO[C@@H]1O[C@@H](C)[C@H](O[C@H]2OC[C@@H](OCc3ccccc3)[C@H](OCc3ccccc3)[C@H]2OCc2ccccc2)[C@H]2OC(C)(C)O[C@@H]12. The van der Waals surface area contributed by atoms with Crippen LogP contribution in [0.2, 0.25) is 0 Å². The summed E-state index contributed by atoms with van der Waals surface area (Å²) < 4.78 is 58.0. The average molecular weight is 647 g/mol. The Bertz CT molecular complexity index is 1370. The first-order valence-electron chi connectivity index (χ1n) is 16.4. The molecule has 3 aromatic rings. The summed E-state index contributed by atoms with van der Waals surface area (Å²) in [5.41, 5.74) is 3.12. The summed E-state index contributed by atoms with van der Waals surface area (Å²) in [5.74, 6) is -0.853. The molecule has 3 saturated heterocycles. The summed E-state index contributed by atoms with van der Waals surface area (Å²) in [6.07, 6.45) is -3.29. The number of hydrogen-bond acceptors (Lipinski definition) is 9. The van der Waals surface area contributed by atoms with Gasteiger partial charge in [-0.15, -0.1) is 6.58 Å². The predicted octanol–water partition coefficient (Wildman–Crippen LogP) is 5.95. The third-order valence-electron chi connectivity index (χ3n) is 8.50. The molecule has 0 aromatic heterocycles. The Kier molecular flexibility index (Phi) is 11.5. The van der Waals surface area contributed by atoms with E-state index in [1.54, 1.807) is 6.08 Å². The van der Waals surface area contributed by atoms with Crippen molar-refractivity contribution in [3.05, 3.63) is 120 Å². The van der Waals surface area contributed by atoms with Gasteiger partial charge in [0.15, 0.2) is 18.4 Å². The average Bonchev–Trinajstić information content (AvgIpc) is 3.43. The van der Waals surface area contributed by atoms with E-state index in [0.717, 1.165) is 16.7 Å². The lowest BCUT2D eigenvalue weighted by Crippen LogP contribution is -2.62. The third kappa shape index (κ3) is 8.75. The van der Waals surface area contributed by atoms with Crippen molar-refractivity contribution in [2.75, 3.05) is 13.2 Å². The van der Waals surface area contributed by atoms with E-state index in [1.807, 2.05) is 112 Å². The van der Waals surface area contributed by atoms with Crippen molar-refractivity contribution < 1.29 is 42.6 Å². The van der Waals surface area contributed by atoms with E-state index >= 15 is 0 Å². The zero-order valence-electron chi connectivity index (χ0n) is 27.4. The van der Waals surface area contributed by atoms with Gasteiger partial charge < -0.3 is 42.6 Å². The molecule has 0 amide bonds. The van der Waals surface area contributed by atoms with Gasteiger partial charge in [0.05, 0.1) is 39.1 Å². The molecule has 0 unspecified atom stereocenters. The van der Waals surface area contributed by atoms with E-state index in [9.17, 15) is 0 Å². The van der Waals surface area contributed by atoms with Gasteiger partial charge in [-0.2, -0.15) is 0 Å². The third-order valence-corrected chi connectivity index (χ3v) is 8.50. The maximum atomic E-state index is 6.81. The van der Waals surface area contributed by atoms with Crippen molar-refractivity contribution in [2.45, 2.75) is 102 Å². The molecule has 9 heteroatoms. The Balaban J connectivity index is 1.26. The van der Waals surface area contributed by atoms with E-state index in [0.29, 0.717) is 26.4 Å². The first-order valence-corrected chi connectivity index (χ1v) is 16.4. The van der Waals surface area contributed by atoms with Crippen LogP contribution in [-0.4, -0.2) is 74.3 Å². The number of ether oxygens (including phenoxy) is 9. The number of rotatable bonds is 14. The van der Waals surface area contributed by atoms with Crippen molar-refractivity contribution in [3.63, 3.8) is 0 Å². The summed E-state index contributed by atoms with van der Waals surface area (Å²) in [4.78, 5) is 0. The molecule has 3 aromatic carbocycles. The number of hydrogen-bond donors (Lipinski definition) is 0. The molecule has 0 aliphatic carbocycles. The molecular formula is C38H46O9. The molecule has 9 atom stereocenters. The van der Waals surface area contributed by atoms with Crippen LogP contribution >= 0.6 is 0 Å². The highest BCUT2D eigenvalue weighted by Gasteiger charge is 2.57. The van der Waals surface area contributed by atoms with Gasteiger partial charge in [0.1, 0.15) is 36.6 Å². The van der Waals surface area contributed by atoms with Crippen molar-refractivity contribution >= 4 is 0 Å². The van der Waals surface area contributed by atoms with Gasteiger partial charge >= 0.3 is 0 Å². The highest BCUT2D eigenvalue weighted by Crippen LogP contribution is 2.40. The summed E-state index contributed by atoms with van der Waals surface area (Å²) in [5, 5.41) is 0. The molecule has 3 aliphatic rings. The van der Waals surface area contributed by atoms with Crippen molar-refractivity contribution in [2.24, 2.45) is 0 Å². The summed E-state index contributed by atoms with van der Waals surface area (Å²) >= 11 is 0. The summed E-state index contributed by atoms with van der Waals surface area (Å²) in [6, 6.07) is 30.2. The second-order valence-corrected chi connectivity index (χ2v) is 12.6. The molecule has 0 N–H and O–H groups in total. The molecule has 0 radical (unpaired) electrons. The zero-order valence-corrected chi connectivity index (χ0v) is 27.4. The minimum absolute atomic E-state index is 0.242. The van der Waals surface area contributed by atoms with Crippen LogP contribution < -0.4 is 0 Å². The van der Waals surface area contributed by atoms with Crippen LogP contribution in [0.4, 0.5) is 0 Å². The fourth-order valence-corrected chi connectivity index (χ4v) is 6.25. The highest BCUT2D eigenvalue weighted by molar-refractivity contribution is 5.15. The van der Waals surface area contributed by atoms with E-state index in [2.05, 4.69) is 6.58 Å². The monoisotopic (exact) mass is 646 g/mol. The largest absolute Gasteiger partial charge is 0.368 e. The van der Waals surface area contributed by atoms with Gasteiger partial charge in [-0.25, -0.2) is 0 Å². The van der Waals surface area contributed by atoms with Crippen LogP contribution in [0.3, 0.4) is 0 Å². The van der Waals surface area contributed by atoms with Gasteiger partial charge in [0.25, 0.3) is 0 Å². The topological polar surface area (TPSA) is 83.1 Å². The maximum absolute atomic E-state index is 6.81.